The maximum Gasteiger partial charge on any atom is 0.242 e. The Kier molecular flexibility index (Phi) is 4.25. The van der Waals surface area contributed by atoms with E-state index in [2.05, 4.69) is 12.2 Å². The van der Waals surface area contributed by atoms with Crippen molar-refractivity contribution in [2.24, 2.45) is 11.8 Å². The lowest BCUT2D eigenvalue weighted by atomic mass is 9.81. The molecule has 1 saturated heterocycles. The Labute approximate surface area is 109 Å². The Hall–Kier alpha value is -1.06. The van der Waals surface area contributed by atoms with E-state index in [1.165, 1.54) is 25.7 Å². The molecule has 1 aliphatic heterocycles. The summed E-state index contributed by atoms with van der Waals surface area (Å²) in [6.45, 7) is 5.04. The molecule has 1 saturated carbocycles. The fourth-order valence-electron chi connectivity index (χ4n) is 3.23. The number of nitrogens with zero attached hydrogens (tertiary/aromatic N) is 1. The highest BCUT2D eigenvalue weighted by atomic mass is 16.2. The second kappa shape index (κ2) is 5.72. The Bertz CT molecular complexity index is 330. The Morgan fingerprint density at radius 3 is 2.78 bits per heavy atom. The Morgan fingerprint density at radius 2 is 2.06 bits per heavy atom. The van der Waals surface area contributed by atoms with Crippen molar-refractivity contribution in [2.75, 3.05) is 13.1 Å². The highest BCUT2D eigenvalue weighted by Crippen LogP contribution is 2.31. The molecular weight excluding hydrogens is 228 g/mol. The summed E-state index contributed by atoms with van der Waals surface area (Å²) in [5.74, 6) is 1.60. The van der Waals surface area contributed by atoms with Crippen LogP contribution in [0.1, 0.15) is 46.0 Å². The predicted molar refractivity (Wildman–Crippen MR) is 69.9 cm³/mol. The van der Waals surface area contributed by atoms with Crippen molar-refractivity contribution in [1.82, 2.24) is 10.2 Å². The number of hydrogen-bond donors (Lipinski definition) is 1. The number of amides is 2. The van der Waals surface area contributed by atoms with Gasteiger partial charge in [0, 0.05) is 6.54 Å². The van der Waals surface area contributed by atoms with Crippen LogP contribution in [-0.2, 0) is 9.59 Å². The molecule has 3 unspecified atom stereocenters. The normalized spacial score (nSPS) is 33.4. The Morgan fingerprint density at radius 1 is 1.28 bits per heavy atom. The van der Waals surface area contributed by atoms with Gasteiger partial charge in [-0.05, 0) is 31.6 Å². The molecule has 0 bridgehead atoms. The van der Waals surface area contributed by atoms with Crippen LogP contribution in [0.25, 0.3) is 0 Å². The second-order valence-corrected chi connectivity index (χ2v) is 5.91. The quantitative estimate of drug-likeness (QED) is 0.828. The molecule has 1 aliphatic carbocycles. The van der Waals surface area contributed by atoms with Crippen LogP contribution in [0.2, 0.25) is 0 Å². The summed E-state index contributed by atoms with van der Waals surface area (Å²) in [6, 6.07) is -0.299. The average molecular weight is 252 g/mol. The van der Waals surface area contributed by atoms with Crippen molar-refractivity contribution in [2.45, 2.75) is 52.0 Å². The molecule has 0 aromatic carbocycles. The van der Waals surface area contributed by atoms with Gasteiger partial charge in [0.15, 0.2) is 0 Å². The SMILES string of the molecule is CC1CCCC(CCN2C(=O)CNC(=O)C2C)C1. The van der Waals surface area contributed by atoms with Crippen LogP contribution in [0.3, 0.4) is 0 Å². The third kappa shape index (κ3) is 3.03. The fourth-order valence-corrected chi connectivity index (χ4v) is 3.23. The minimum absolute atomic E-state index is 0.0217. The number of carbonyl (C=O) groups excluding carboxylic acids is 2. The first kappa shape index (κ1) is 13.4. The molecule has 3 atom stereocenters. The summed E-state index contributed by atoms with van der Waals surface area (Å²) in [5.41, 5.74) is 0. The third-order valence-corrected chi connectivity index (χ3v) is 4.40. The van der Waals surface area contributed by atoms with E-state index in [1.807, 2.05) is 6.92 Å². The van der Waals surface area contributed by atoms with Crippen molar-refractivity contribution >= 4 is 11.8 Å². The molecule has 18 heavy (non-hydrogen) atoms. The van der Waals surface area contributed by atoms with Crippen molar-refractivity contribution < 1.29 is 9.59 Å². The van der Waals surface area contributed by atoms with Gasteiger partial charge in [-0.2, -0.15) is 0 Å². The van der Waals surface area contributed by atoms with Gasteiger partial charge in [0.25, 0.3) is 0 Å². The van der Waals surface area contributed by atoms with Gasteiger partial charge in [0.2, 0.25) is 11.8 Å². The molecular formula is C14H24N2O2. The fraction of sp³-hybridized carbons (Fsp3) is 0.857. The van der Waals surface area contributed by atoms with Crippen LogP contribution in [0.4, 0.5) is 0 Å². The molecule has 0 aromatic rings. The minimum atomic E-state index is -0.299. The topological polar surface area (TPSA) is 49.4 Å². The molecule has 2 rings (SSSR count). The predicted octanol–water partition coefficient (Wildman–Crippen LogP) is 1.55. The van der Waals surface area contributed by atoms with E-state index in [4.69, 9.17) is 0 Å². The minimum Gasteiger partial charge on any atom is -0.345 e. The highest BCUT2D eigenvalue weighted by Gasteiger charge is 2.31. The van der Waals surface area contributed by atoms with E-state index < -0.39 is 0 Å². The maximum absolute atomic E-state index is 11.8. The monoisotopic (exact) mass is 252 g/mol. The number of rotatable bonds is 3. The lowest BCUT2D eigenvalue weighted by molar-refractivity contribution is -0.145. The van der Waals surface area contributed by atoms with Gasteiger partial charge in [0.1, 0.15) is 6.04 Å². The van der Waals surface area contributed by atoms with Gasteiger partial charge in [-0.3, -0.25) is 9.59 Å². The molecule has 102 valence electrons. The van der Waals surface area contributed by atoms with Crippen LogP contribution in [-0.4, -0.2) is 35.8 Å². The van der Waals surface area contributed by atoms with Crippen molar-refractivity contribution in [3.05, 3.63) is 0 Å². The van der Waals surface area contributed by atoms with Crippen molar-refractivity contribution in [1.29, 1.82) is 0 Å². The molecule has 0 aromatic heterocycles. The van der Waals surface area contributed by atoms with Crippen LogP contribution >= 0.6 is 0 Å². The van der Waals surface area contributed by atoms with E-state index >= 15 is 0 Å². The largest absolute Gasteiger partial charge is 0.345 e. The summed E-state index contributed by atoms with van der Waals surface area (Å²) in [4.78, 5) is 25.1. The lowest BCUT2D eigenvalue weighted by Gasteiger charge is -2.35. The zero-order valence-corrected chi connectivity index (χ0v) is 11.4. The van der Waals surface area contributed by atoms with E-state index in [0.717, 1.165) is 24.8 Å². The molecule has 1 N–H and O–H groups in total. The van der Waals surface area contributed by atoms with Crippen molar-refractivity contribution in [3.8, 4) is 0 Å². The maximum atomic E-state index is 11.8. The number of piperazine rings is 1. The first-order chi connectivity index (χ1) is 8.58. The summed E-state index contributed by atoms with van der Waals surface area (Å²) < 4.78 is 0. The smallest absolute Gasteiger partial charge is 0.242 e. The van der Waals surface area contributed by atoms with Gasteiger partial charge >= 0.3 is 0 Å². The molecule has 2 aliphatic rings. The number of nitrogens with one attached hydrogen (secondary N) is 1. The summed E-state index contributed by atoms with van der Waals surface area (Å²) >= 11 is 0. The molecule has 2 amide bonds. The molecule has 2 fully saturated rings. The van der Waals surface area contributed by atoms with Crippen LogP contribution in [0.15, 0.2) is 0 Å². The molecule has 4 heteroatoms. The van der Waals surface area contributed by atoms with E-state index in [9.17, 15) is 9.59 Å². The average Bonchev–Trinajstić information content (AvgIpc) is 2.34. The van der Waals surface area contributed by atoms with Gasteiger partial charge < -0.3 is 10.2 Å². The molecule has 1 heterocycles. The van der Waals surface area contributed by atoms with E-state index in [0.29, 0.717) is 0 Å². The first-order valence-electron chi connectivity index (χ1n) is 7.15. The van der Waals surface area contributed by atoms with Gasteiger partial charge in [-0.15, -0.1) is 0 Å². The van der Waals surface area contributed by atoms with E-state index in [-0.39, 0.29) is 24.4 Å². The molecule has 0 radical (unpaired) electrons. The van der Waals surface area contributed by atoms with Gasteiger partial charge in [0.05, 0.1) is 6.54 Å². The molecule has 4 nitrogen and oxygen atoms in total. The van der Waals surface area contributed by atoms with Crippen LogP contribution in [0.5, 0.6) is 0 Å². The third-order valence-electron chi connectivity index (χ3n) is 4.40. The van der Waals surface area contributed by atoms with Crippen LogP contribution < -0.4 is 5.32 Å². The summed E-state index contributed by atoms with van der Waals surface area (Å²) in [5, 5.41) is 2.63. The summed E-state index contributed by atoms with van der Waals surface area (Å²) in [7, 11) is 0. The summed E-state index contributed by atoms with van der Waals surface area (Å²) in [6.07, 6.45) is 6.27. The second-order valence-electron chi connectivity index (χ2n) is 5.91. The molecule has 0 spiro atoms. The highest BCUT2D eigenvalue weighted by molar-refractivity contribution is 5.94. The lowest BCUT2D eigenvalue weighted by Crippen LogP contribution is -2.57. The van der Waals surface area contributed by atoms with Crippen LogP contribution in [0, 0.1) is 11.8 Å². The zero-order valence-electron chi connectivity index (χ0n) is 11.4. The zero-order chi connectivity index (χ0) is 13.1. The van der Waals surface area contributed by atoms with Gasteiger partial charge in [-0.1, -0.05) is 26.2 Å². The standard InChI is InChI=1S/C14H24N2O2/c1-10-4-3-5-12(8-10)6-7-16-11(2)14(18)15-9-13(16)17/h10-12H,3-9H2,1-2H3,(H,15,18). The number of carbonyl (C=O) groups is 2. The van der Waals surface area contributed by atoms with E-state index in [1.54, 1.807) is 4.90 Å². The van der Waals surface area contributed by atoms with Gasteiger partial charge in [-0.25, -0.2) is 0 Å². The Balaban J connectivity index is 1.84. The number of hydrogen-bond acceptors (Lipinski definition) is 2. The first-order valence-corrected chi connectivity index (χ1v) is 7.15. The van der Waals surface area contributed by atoms with Crippen molar-refractivity contribution in [3.63, 3.8) is 0 Å².